The first kappa shape index (κ1) is 13.2. The third-order valence-electron chi connectivity index (χ3n) is 3.71. The van der Waals surface area contributed by atoms with Gasteiger partial charge in [0.05, 0.1) is 13.2 Å². The van der Waals surface area contributed by atoms with Gasteiger partial charge in [0.2, 0.25) is 0 Å². The zero-order valence-corrected chi connectivity index (χ0v) is 11.3. The second-order valence-electron chi connectivity index (χ2n) is 5.07. The molecule has 1 atom stereocenters. The van der Waals surface area contributed by atoms with Crippen LogP contribution in [0.4, 0.5) is 0 Å². The summed E-state index contributed by atoms with van der Waals surface area (Å²) in [5.41, 5.74) is 6.93. The minimum absolute atomic E-state index is 0.349. The van der Waals surface area contributed by atoms with Crippen LogP contribution in [0.1, 0.15) is 44.1 Å². The summed E-state index contributed by atoms with van der Waals surface area (Å²) in [6.45, 7) is 2.77. The topological polar surface area (TPSA) is 44.5 Å². The van der Waals surface area contributed by atoms with Crippen molar-refractivity contribution in [3.63, 3.8) is 0 Å². The van der Waals surface area contributed by atoms with Crippen LogP contribution in [0, 0.1) is 0 Å². The number of hydrogen-bond donors (Lipinski definition) is 1. The van der Waals surface area contributed by atoms with E-state index in [1.54, 1.807) is 7.11 Å². The molecule has 0 heterocycles. The van der Waals surface area contributed by atoms with Gasteiger partial charge in [0, 0.05) is 0 Å². The van der Waals surface area contributed by atoms with Crippen molar-refractivity contribution in [2.45, 2.75) is 44.6 Å². The summed E-state index contributed by atoms with van der Waals surface area (Å²) < 4.78 is 11.4. The van der Waals surface area contributed by atoms with Crippen molar-refractivity contribution in [3.05, 3.63) is 23.8 Å². The third-order valence-corrected chi connectivity index (χ3v) is 3.71. The molecule has 0 bridgehead atoms. The van der Waals surface area contributed by atoms with Gasteiger partial charge in [-0.3, -0.25) is 0 Å². The number of rotatable bonds is 5. The Labute approximate surface area is 109 Å². The van der Waals surface area contributed by atoms with Gasteiger partial charge < -0.3 is 15.2 Å². The lowest BCUT2D eigenvalue weighted by atomic mass is 10.0. The summed E-state index contributed by atoms with van der Waals surface area (Å²) in [6.07, 6.45) is 5.19. The van der Waals surface area contributed by atoms with Crippen molar-refractivity contribution < 1.29 is 9.47 Å². The number of benzene rings is 1. The van der Waals surface area contributed by atoms with Crippen LogP contribution in [0.25, 0.3) is 0 Å². The molecule has 0 aromatic heterocycles. The van der Waals surface area contributed by atoms with Gasteiger partial charge >= 0.3 is 0 Å². The van der Waals surface area contributed by atoms with Crippen LogP contribution >= 0.6 is 0 Å². The minimum atomic E-state index is 0.349. The lowest BCUT2D eigenvalue weighted by molar-refractivity contribution is 0.200. The minimum Gasteiger partial charge on any atom is -0.493 e. The highest BCUT2D eigenvalue weighted by molar-refractivity contribution is 5.44. The van der Waals surface area contributed by atoms with E-state index in [4.69, 9.17) is 15.2 Å². The summed E-state index contributed by atoms with van der Waals surface area (Å²) in [4.78, 5) is 0. The summed E-state index contributed by atoms with van der Waals surface area (Å²) in [5.74, 6) is 2.03. The molecule has 1 fully saturated rings. The van der Waals surface area contributed by atoms with Crippen molar-refractivity contribution in [2.24, 2.45) is 5.73 Å². The van der Waals surface area contributed by atoms with Crippen molar-refractivity contribution in [1.82, 2.24) is 0 Å². The number of methoxy groups -OCH3 is 1. The normalized spacial score (nSPS) is 17.7. The Balaban J connectivity index is 2.18. The van der Waals surface area contributed by atoms with Crippen molar-refractivity contribution in [2.75, 3.05) is 13.7 Å². The highest BCUT2D eigenvalue weighted by Gasteiger charge is 2.19. The van der Waals surface area contributed by atoms with Crippen LogP contribution in [-0.4, -0.2) is 19.8 Å². The molecule has 100 valence electrons. The Hall–Kier alpha value is -1.22. The SMILES string of the molecule is COc1ccc(C(C)CN)cc1OC1CCCC1. The van der Waals surface area contributed by atoms with Gasteiger partial charge in [-0.25, -0.2) is 0 Å². The van der Waals surface area contributed by atoms with E-state index in [-0.39, 0.29) is 0 Å². The van der Waals surface area contributed by atoms with E-state index in [0.717, 1.165) is 24.3 Å². The number of ether oxygens (including phenoxy) is 2. The fourth-order valence-electron chi connectivity index (χ4n) is 2.41. The van der Waals surface area contributed by atoms with Crippen molar-refractivity contribution >= 4 is 0 Å². The molecule has 0 saturated heterocycles. The first-order valence-electron chi connectivity index (χ1n) is 6.79. The van der Waals surface area contributed by atoms with E-state index in [1.165, 1.54) is 18.4 Å². The van der Waals surface area contributed by atoms with E-state index in [0.29, 0.717) is 18.6 Å². The molecule has 0 aliphatic heterocycles. The van der Waals surface area contributed by atoms with Crippen LogP contribution in [-0.2, 0) is 0 Å². The molecule has 1 aromatic rings. The molecular weight excluding hydrogens is 226 g/mol. The summed E-state index contributed by atoms with van der Waals surface area (Å²) >= 11 is 0. The summed E-state index contributed by atoms with van der Waals surface area (Å²) in [5, 5.41) is 0. The Morgan fingerprint density at radius 3 is 2.61 bits per heavy atom. The molecule has 18 heavy (non-hydrogen) atoms. The fourth-order valence-corrected chi connectivity index (χ4v) is 2.41. The van der Waals surface area contributed by atoms with Crippen LogP contribution in [0.15, 0.2) is 18.2 Å². The highest BCUT2D eigenvalue weighted by atomic mass is 16.5. The lowest BCUT2D eigenvalue weighted by Crippen LogP contribution is -2.13. The lowest BCUT2D eigenvalue weighted by Gasteiger charge is -2.18. The second kappa shape index (κ2) is 6.10. The monoisotopic (exact) mass is 249 g/mol. The van der Waals surface area contributed by atoms with E-state index in [2.05, 4.69) is 19.1 Å². The molecule has 0 radical (unpaired) electrons. The van der Waals surface area contributed by atoms with Gasteiger partial charge in [-0.05, 0) is 55.8 Å². The predicted molar refractivity (Wildman–Crippen MR) is 73.3 cm³/mol. The van der Waals surface area contributed by atoms with E-state index in [1.807, 2.05) is 6.07 Å². The van der Waals surface area contributed by atoms with Crippen molar-refractivity contribution in [1.29, 1.82) is 0 Å². The molecule has 2 N–H and O–H groups in total. The molecule has 0 spiro atoms. The molecule has 1 aliphatic carbocycles. The van der Waals surface area contributed by atoms with Gasteiger partial charge in [-0.15, -0.1) is 0 Å². The Morgan fingerprint density at radius 2 is 2.00 bits per heavy atom. The maximum Gasteiger partial charge on any atom is 0.161 e. The number of hydrogen-bond acceptors (Lipinski definition) is 3. The standard InChI is InChI=1S/C15H23NO2/c1-11(10-16)12-7-8-14(17-2)15(9-12)18-13-5-3-4-6-13/h7-9,11,13H,3-6,10,16H2,1-2H3. The molecule has 3 heteroatoms. The highest BCUT2D eigenvalue weighted by Crippen LogP contribution is 2.34. The molecule has 2 rings (SSSR count). The zero-order valence-electron chi connectivity index (χ0n) is 11.3. The van der Waals surface area contributed by atoms with Crippen molar-refractivity contribution in [3.8, 4) is 11.5 Å². The van der Waals surface area contributed by atoms with Crippen LogP contribution < -0.4 is 15.2 Å². The average molecular weight is 249 g/mol. The molecule has 1 saturated carbocycles. The smallest absolute Gasteiger partial charge is 0.161 e. The summed E-state index contributed by atoms with van der Waals surface area (Å²) in [7, 11) is 1.68. The van der Waals surface area contributed by atoms with Gasteiger partial charge in [-0.2, -0.15) is 0 Å². The molecule has 1 unspecified atom stereocenters. The van der Waals surface area contributed by atoms with E-state index in [9.17, 15) is 0 Å². The van der Waals surface area contributed by atoms with Gasteiger partial charge in [-0.1, -0.05) is 13.0 Å². The average Bonchev–Trinajstić information content (AvgIpc) is 2.90. The zero-order chi connectivity index (χ0) is 13.0. The largest absolute Gasteiger partial charge is 0.493 e. The molecule has 1 aromatic carbocycles. The maximum absolute atomic E-state index is 6.07. The number of nitrogens with two attached hydrogens (primary N) is 1. The molecular formula is C15H23NO2. The predicted octanol–water partition coefficient (Wildman–Crippen LogP) is 3.08. The van der Waals surface area contributed by atoms with Crippen LogP contribution in [0.3, 0.4) is 0 Å². The third kappa shape index (κ3) is 2.96. The molecule has 1 aliphatic rings. The Bertz CT molecular complexity index is 386. The molecule has 0 amide bonds. The van der Waals surface area contributed by atoms with E-state index >= 15 is 0 Å². The van der Waals surface area contributed by atoms with Gasteiger partial charge in [0.1, 0.15) is 0 Å². The van der Waals surface area contributed by atoms with Crippen LogP contribution in [0.5, 0.6) is 11.5 Å². The first-order chi connectivity index (χ1) is 8.74. The Morgan fingerprint density at radius 1 is 1.28 bits per heavy atom. The van der Waals surface area contributed by atoms with Gasteiger partial charge in [0.15, 0.2) is 11.5 Å². The Kier molecular flexibility index (Phi) is 4.48. The van der Waals surface area contributed by atoms with E-state index < -0.39 is 0 Å². The fraction of sp³-hybridized carbons (Fsp3) is 0.600. The maximum atomic E-state index is 6.07. The summed E-state index contributed by atoms with van der Waals surface area (Å²) in [6, 6.07) is 6.12. The quantitative estimate of drug-likeness (QED) is 0.872. The van der Waals surface area contributed by atoms with Crippen LogP contribution in [0.2, 0.25) is 0 Å². The first-order valence-corrected chi connectivity index (χ1v) is 6.79. The molecule has 3 nitrogen and oxygen atoms in total. The second-order valence-corrected chi connectivity index (χ2v) is 5.07. The van der Waals surface area contributed by atoms with Gasteiger partial charge in [0.25, 0.3) is 0 Å².